The van der Waals surface area contributed by atoms with Crippen LogP contribution in [0.4, 0.5) is 0 Å². The van der Waals surface area contributed by atoms with Crippen LogP contribution in [-0.4, -0.2) is 5.11 Å². The maximum absolute atomic E-state index is 8.92. The van der Waals surface area contributed by atoms with Crippen LogP contribution < -0.4 is 0 Å². The number of aliphatic hydroxyl groups excluding tert-OH is 1. The van der Waals surface area contributed by atoms with E-state index in [-0.39, 0.29) is 0 Å². The molecular weight excluding hydrogens is 112 g/mol. The molecule has 0 saturated heterocycles. The fourth-order valence-corrected chi connectivity index (χ4v) is 0.626. The van der Waals surface area contributed by atoms with E-state index >= 15 is 0 Å². The quantitative estimate of drug-likeness (QED) is 0.520. The first-order valence-electron chi connectivity index (χ1n) is 2.88. The zero-order chi connectivity index (χ0) is 6.69. The van der Waals surface area contributed by atoms with Gasteiger partial charge in [0, 0.05) is 6.42 Å². The second kappa shape index (κ2) is 2.53. The standard InChI is InChI=1S/C8H9O/c1-7-3-2-4-8(9)6-5-7/h2-6,9H,1H3. The van der Waals surface area contributed by atoms with Crippen LogP contribution >= 0.6 is 0 Å². The molecule has 0 fully saturated rings. The monoisotopic (exact) mass is 121 g/mol. The van der Waals surface area contributed by atoms with Crippen molar-refractivity contribution in [2.24, 2.45) is 0 Å². The lowest BCUT2D eigenvalue weighted by atomic mass is 10.3. The average molecular weight is 121 g/mol. The first kappa shape index (κ1) is 6.14. The Bertz CT molecular complexity index is 185. The maximum Gasteiger partial charge on any atom is 0.100 e. The topological polar surface area (TPSA) is 20.2 Å². The minimum absolute atomic E-state index is 0.308. The van der Waals surface area contributed by atoms with E-state index in [0.717, 1.165) is 5.57 Å². The first-order chi connectivity index (χ1) is 4.29. The van der Waals surface area contributed by atoms with Gasteiger partial charge >= 0.3 is 0 Å². The lowest BCUT2D eigenvalue weighted by Crippen LogP contribution is -1.73. The summed E-state index contributed by atoms with van der Waals surface area (Å²) >= 11 is 0. The predicted molar refractivity (Wildman–Crippen MR) is 37.9 cm³/mol. The Morgan fingerprint density at radius 1 is 1.33 bits per heavy atom. The molecule has 0 aromatic heterocycles. The molecule has 1 heteroatoms. The number of allylic oxidation sites excluding steroid dienone is 5. The van der Waals surface area contributed by atoms with Gasteiger partial charge in [-0.05, 0) is 13.0 Å². The van der Waals surface area contributed by atoms with E-state index < -0.39 is 0 Å². The van der Waals surface area contributed by atoms with Crippen molar-refractivity contribution in [2.45, 2.75) is 6.92 Å². The van der Waals surface area contributed by atoms with Crippen LogP contribution in [0.2, 0.25) is 0 Å². The van der Waals surface area contributed by atoms with E-state index in [9.17, 15) is 0 Å². The fourth-order valence-electron chi connectivity index (χ4n) is 0.626. The van der Waals surface area contributed by atoms with Crippen molar-refractivity contribution in [3.8, 4) is 0 Å². The molecule has 1 nitrogen and oxygen atoms in total. The summed E-state index contributed by atoms with van der Waals surface area (Å²) in [6, 6.07) is 0. The molecule has 1 rings (SSSR count). The molecule has 1 radical (unpaired) electrons. The Morgan fingerprint density at radius 3 is 2.89 bits per heavy atom. The Balaban J connectivity index is 2.80. The Kier molecular flexibility index (Phi) is 1.73. The van der Waals surface area contributed by atoms with Gasteiger partial charge in [-0.3, -0.25) is 0 Å². The van der Waals surface area contributed by atoms with Crippen molar-refractivity contribution in [1.29, 1.82) is 0 Å². The Labute approximate surface area is 55.0 Å². The highest BCUT2D eigenvalue weighted by molar-refractivity contribution is 5.32. The summed E-state index contributed by atoms with van der Waals surface area (Å²) in [5, 5.41) is 8.92. The van der Waals surface area contributed by atoms with Crippen molar-refractivity contribution in [2.75, 3.05) is 0 Å². The van der Waals surface area contributed by atoms with Crippen molar-refractivity contribution in [3.05, 3.63) is 42.1 Å². The molecule has 0 amide bonds. The highest BCUT2D eigenvalue weighted by Gasteiger charge is 1.91. The summed E-state index contributed by atoms with van der Waals surface area (Å²) in [7, 11) is 0. The second-order valence-corrected chi connectivity index (χ2v) is 2.03. The molecule has 9 heavy (non-hydrogen) atoms. The van der Waals surface area contributed by atoms with Gasteiger partial charge in [0.1, 0.15) is 5.76 Å². The Morgan fingerprint density at radius 2 is 2.11 bits per heavy atom. The molecule has 0 saturated carbocycles. The van der Waals surface area contributed by atoms with Crippen LogP contribution in [0.15, 0.2) is 35.6 Å². The smallest absolute Gasteiger partial charge is 0.100 e. The lowest BCUT2D eigenvalue weighted by molar-refractivity contribution is 0.425. The van der Waals surface area contributed by atoms with Crippen molar-refractivity contribution in [3.63, 3.8) is 0 Å². The summed E-state index contributed by atoms with van der Waals surface area (Å²) in [6.45, 7) is 1.99. The SMILES string of the molecule is CC1=CC=C(O)[CH]C=C1. The van der Waals surface area contributed by atoms with E-state index in [4.69, 9.17) is 5.11 Å². The minimum Gasteiger partial charge on any atom is -0.512 e. The average Bonchev–Trinajstić information content (AvgIpc) is 1.97. The maximum atomic E-state index is 8.92. The molecule has 0 bridgehead atoms. The fraction of sp³-hybridized carbons (Fsp3) is 0.125. The van der Waals surface area contributed by atoms with Crippen LogP contribution in [0, 0.1) is 6.42 Å². The van der Waals surface area contributed by atoms with E-state index in [1.165, 1.54) is 0 Å². The molecule has 1 aliphatic carbocycles. The molecule has 0 atom stereocenters. The van der Waals surface area contributed by atoms with E-state index in [1.54, 1.807) is 12.5 Å². The first-order valence-corrected chi connectivity index (χ1v) is 2.88. The summed E-state index contributed by atoms with van der Waals surface area (Å²) in [4.78, 5) is 0. The largest absolute Gasteiger partial charge is 0.512 e. The molecule has 0 aliphatic heterocycles. The van der Waals surface area contributed by atoms with E-state index in [0.29, 0.717) is 5.76 Å². The van der Waals surface area contributed by atoms with Gasteiger partial charge in [0.2, 0.25) is 0 Å². The van der Waals surface area contributed by atoms with Crippen LogP contribution in [0.1, 0.15) is 6.92 Å². The molecular formula is C8H9O. The normalized spacial score (nSPS) is 18.3. The lowest BCUT2D eigenvalue weighted by Gasteiger charge is -1.85. The van der Waals surface area contributed by atoms with Crippen molar-refractivity contribution < 1.29 is 5.11 Å². The number of rotatable bonds is 0. The molecule has 0 unspecified atom stereocenters. The van der Waals surface area contributed by atoms with Crippen LogP contribution in [0.3, 0.4) is 0 Å². The van der Waals surface area contributed by atoms with Crippen molar-refractivity contribution in [1.82, 2.24) is 0 Å². The molecule has 0 aromatic carbocycles. The predicted octanol–water partition coefficient (Wildman–Crippen LogP) is 2.15. The van der Waals surface area contributed by atoms with Gasteiger partial charge in [0.25, 0.3) is 0 Å². The third-order valence-corrected chi connectivity index (χ3v) is 1.14. The van der Waals surface area contributed by atoms with Crippen LogP contribution in [0.5, 0.6) is 0 Å². The third kappa shape index (κ3) is 1.76. The number of aliphatic hydroxyl groups is 1. The van der Waals surface area contributed by atoms with E-state index in [2.05, 4.69) is 0 Å². The molecule has 0 heterocycles. The molecule has 0 aromatic rings. The zero-order valence-corrected chi connectivity index (χ0v) is 5.33. The summed E-state index contributed by atoms with van der Waals surface area (Å²) < 4.78 is 0. The van der Waals surface area contributed by atoms with Crippen molar-refractivity contribution >= 4 is 0 Å². The van der Waals surface area contributed by atoms with Gasteiger partial charge in [-0.15, -0.1) is 0 Å². The summed E-state index contributed by atoms with van der Waals surface area (Å²) in [6.07, 6.45) is 8.97. The van der Waals surface area contributed by atoms with Gasteiger partial charge in [-0.2, -0.15) is 0 Å². The second-order valence-electron chi connectivity index (χ2n) is 2.03. The van der Waals surface area contributed by atoms with Gasteiger partial charge in [-0.1, -0.05) is 23.8 Å². The number of hydrogen-bond acceptors (Lipinski definition) is 1. The summed E-state index contributed by atoms with van der Waals surface area (Å²) in [5.41, 5.74) is 1.15. The van der Waals surface area contributed by atoms with Gasteiger partial charge in [-0.25, -0.2) is 0 Å². The van der Waals surface area contributed by atoms with E-state index in [1.807, 2.05) is 25.2 Å². The zero-order valence-electron chi connectivity index (χ0n) is 5.33. The minimum atomic E-state index is 0.308. The van der Waals surface area contributed by atoms with Gasteiger partial charge in [0.05, 0.1) is 0 Å². The van der Waals surface area contributed by atoms with Gasteiger partial charge < -0.3 is 5.11 Å². The van der Waals surface area contributed by atoms with Crippen LogP contribution in [0.25, 0.3) is 0 Å². The third-order valence-electron chi connectivity index (χ3n) is 1.14. The summed E-state index contributed by atoms with van der Waals surface area (Å²) in [5.74, 6) is 0.308. The molecule has 1 aliphatic rings. The highest BCUT2D eigenvalue weighted by Crippen LogP contribution is 2.06. The molecule has 47 valence electrons. The van der Waals surface area contributed by atoms with Gasteiger partial charge in [0.15, 0.2) is 0 Å². The molecule has 0 spiro atoms. The highest BCUT2D eigenvalue weighted by atomic mass is 16.3. The molecule has 1 N–H and O–H groups in total. The van der Waals surface area contributed by atoms with Crippen LogP contribution in [-0.2, 0) is 0 Å². The Hall–Kier alpha value is -0.980. The number of hydrogen-bond donors (Lipinski definition) is 1.